The molecule has 0 atom stereocenters. The molecule has 0 bridgehead atoms. The first-order valence-electron chi connectivity index (χ1n) is 9.66. The Bertz CT molecular complexity index is 1050. The van der Waals surface area contributed by atoms with E-state index in [1.165, 1.54) is 11.8 Å². The number of hydrogen-bond donors (Lipinski definition) is 1. The highest BCUT2D eigenvalue weighted by molar-refractivity contribution is 6.02. The van der Waals surface area contributed by atoms with E-state index in [0.717, 1.165) is 30.9 Å². The van der Waals surface area contributed by atoms with E-state index in [0.29, 0.717) is 30.4 Å². The lowest BCUT2D eigenvalue weighted by Crippen LogP contribution is -2.25. The molecule has 5 rings (SSSR count). The van der Waals surface area contributed by atoms with Gasteiger partial charge in [-0.05, 0) is 36.6 Å². The van der Waals surface area contributed by atoms with E-state index in [1.54, 1.807) is 24.4 Å². The van der Waals surface area contributed by atoms with Crippen LogP contribution in [0.4, 0.5) is 17.2 Å². The second-order valence-electron chi connectivity index (χ2n) is 6.96. The number of carbonyl (C=O) groups excluding carboxylic acids is 1. The number of ether oxygens (including phenoxy) is 2. The van der Waals surface area contributed by atoms with Crippen LogP contribution in [0.1, 0.15) is 22.5 Å². The minimum absolute atomic E-state index is 0.258. The standard InChI is InChI=1S/C22H20N4O3/c27-22(25-16-7-8-19-20(12-16)29-11-10-28-19)17-13-24-21(14-23-17)26-9-3-5-15-4-1-2-6-18(15)26/h1-2,4,6-8,12-14H,3,5,9-11H2,(H,25,27). The fourth-order valence-corrected chi connectivity index (χ4v) is 3.67. The number of aryl methyl sites for hydroxylation is 1. The molecule has 0 fully saturated rings. The summed E-state index contributed by atoms with van der Waals surface area (Å²) in [7, 11) is 0. The van der Waals surface area contributed by atoms with E-state index in [4.69, 9.17) is 9.47 Å². The van der Waals surface area contributed by atoms with E-state index < -0.39 is 0 Å². The van der Waals surface area contributed by atoms with E-state index in [9.17, 15) is 4.79 Å². The number of rotatable bonds is 3. The summed E-state index contributed by atoms with van der Waals surface area (Å²) in [4.78, 5) is 23.5. The number of anilines is 3. The zero-order chi connectivity index (χ0) is 19.6. The van der Waals surface area contributed by atoms with Crippen molar-refractivity contribution in [1.29, 1.82) is 0 Å². The Labute approximate surface area is 168 Å². The third-order valence-corrected chi connectivity index (χ3v) is 5.06. The lowest BCUT2D eigenvalue weighted by Gasteiger charge is -2.30. The maximum atomic E-state index is 12.6. The number of nitrogens with one attached hydrogen (secondary N) is 1. The Balaban J connectivity index is 1.32. The van der Waals surface area contributed by atoms with Gasteiger partial charge in [0.15, 0.2) is 17.3 Å². The summed E-state index contributed by atoms with van der Waals surface area (Å²) >= 11 is 0. The van der Waals surface area contributed by atoms with E-state index in [2.05, 4.69) is 38.4 Å². The van der Waals surface area contributed by atoms with Crippen LogP contribution in [0.25, 0.3) is 0 Å². The van der Waals surface area contributed by atoms with E-state index in [-0.39, 0.29) is 11.6 Å². The highest BCUT2D eigenvalue weighted by atomic mass is 16.6. The number of aromatic nitrogens is 2. The number of carbonyl (C=O) groups is 1. The summed E-state index contributed by atoms with van der Waals surface area (Å²) in [6, 6.07) is 13.6. The molecule has 0 saturated carbocycles. The van der Waals surface area contributed by atoms with Crippen LogP contribution in [-0.4, -0.2) is 35.6 Å². The summed E-state index contributed by atoms with van der Waals surface area (Å²) in [5.74, 6) is 1.73. The fourth-order valence-electron chi connectivity index (χ4n) is 3.67. The molecule has 3 aromatic rings. The Kier molecular flexibility index (Phi) is 4.48. The van der Waals surface area contributed by atoms with Crippen molar-refractivity contribution in [2.45, 2.75) is 12.8 Å². The summed E-state index contributed by atoms with van der Waals surface area (Å²) in [6.07, 6.45) is 5.29. The normalized spacial score (nSPS) is 14.8. The Morgan fingerprint density at radius 1 is 1.00 bits per heavy atom. The summed E-state index contributed by atoms with van der Waals surface area (Å²) in [5, 5.41) is 2.83. The molecule has 2 aliphatic rings. The quantitative estimate of drug-likeness (QED) is 0.739. The minimum Gasteiger partial charge on any atom is -0.486 e. The van der Waals surface area contributed by atoms with Gasteiger partial charge >= 0.3 is 0 Å². The molecule has 29 heavy (non-hydrogen) atoms. The van der Waals surface area contributed by atoms with Crippen LogP contribution in [0, 0.1) is 0 Å². The summed E-state index contributed by atoms with van der Waals surface area (Å²) < 4.78 is 11.1. The SMILES string of the molecule is O=C(Nc1ccc2c(c1)OCCO2)c1cnc(N2CCCc3ccccc32)cn1. The van der Waals surface area contributed by atoms with Crippen molar-refractivity contribution in [1.82, 2.24) is 9.97 Å². The average molecular weight is 388 g/mol. The molecule has 1 aromatic heterocycles. The number of fused-ring (bicyclic) bond motifs is 2. The number of nitrogens with zero attached hydrogens (tertiary/aromatic N) is 3. The number of hydrogen-bond acceptors (Lipinski definition) is 6. The fraction of sp³-hybridized carbons (Fsp3) is 0.227. The van der Waals surface area contributed by atoms with Crippen molar-refractivity contribution in [3.8, 4) is 11.5 Å². The Morgan fingerprint density at radius 3 is 2.72 bits per heavy atom. The molecule has 146 valence electrons. The predicted molar refractivity (Wildman–Crippen MR) is 109 cm³/mol. The molecule has 7 heteroatoms. The molecule has 0 unspecified atom stereocenters. The molecule has 0 spiro atoms. The topological polar surface area (TPSA) is 76.6 Å². The van der Waals surface area contributed by atoms with Crippen LogP contribution in [0.2, 0.25) is 0 Å². The van der Waals surface area contributed by atoms with Gasteiger partial charge in [-0.1, -0.05) is 18.2 Å². The minimum atomic E-state index is -0.320. The number of amides is 1. The number of benzene rings is 2. The van der Waals surface area contributed by atoms with Crippen molar-refractivity contribution in [2.75, 3.05) is 30.0 Å². The van der Waals surface area contributed by atoms with Gasteiger partial charge in [-0.3, -0.25) is 4.79 Å². The molecule has 0 radical (unpaired) electrons. The van der Waals surface area contributed by atoms with Gasteiger partial charge in [0, 0.05) is 24.0 Å². The van der Waals surface area contributed by atoms with Crippen molar-refractivity contribution < 1.29 is 14.3 Å². The number of para-hydroxylation sites is 1. The largest absolute Gasteiger partial charge is 0.486 e. The Morgan fingerprint density at radius 2 is 1.86 bits per heavy atom. The van der Waals surface area contributed by atoms with Crippen molar-refractivity contribution >= 4 is 23.1 Å². The first kappa shape index (κ1) is 17.5. The van der Waals surface area contributed by atoms with Crippen LogP contribution < -0.4 is 19.7 Å². The first-order valence-corrected chi connectivity index (χ1v) is 9.66. The third-order valence-electron chi connectivity index (χ3n) is 5.06. The second-order valence-corrected chi connectivity index (χ2v) is 6.96. The molecule has 1 N–H and O–H groups in total. The van der Waals surface area contributed by atoms with Crippen LogP contribution in [-0.2, 0) is 6.42 Å². The van der Waals surface area contributed by atoms with E-state index in [1.807, 2.05) is 6.07 Å². The predicted octanol–water partition coefficient (Wildman–Crippen LogP) is 3.58. The summed E-state index contributed by atoms with van der Waals surface area (Å²) in [6.45, 7) is 1.91. The lowest BCUT2D eigenvalue weighted by molar-refractivity contribution is 0.102. The first-order chi connectivity index (χ1) is 14.3. The summed E-state index contributed by atoms with van der Waals surface area (Å²) in [5.41, 5.74) is 3.34. The van der Waals surface area contributed by atoms with Gasteiger partial charge in [0.1, 0.15) is 18.9 Å². The van der Waals surface area contributed by atoms with Gasteiger partial charge in [-0.15, -0.1) is 0 Å². The Hall–Kier alpha value is -3.61. The van der Waals surface area contributed by atoms with Gasteiger partial charge < -0.3 is 19.7 Å². The average Bonchev–Trinajstić information content (AvgIpc) is 2.79. The molecule has 1 amide bonds. The van der Waals surface area contributed by atoms with Gasteiger partial charge in [0.05, 0.1) is 12.4 Å². The van der Waals surface area contributed by atoms with Gasteiger partial charge in [0.2, 0.25) is 0 Å². The molecular formula is C22H20N4O3. The molecule has 2 aromatic carbocycles. The molecule has 0 saturated heterocycles. The zero-order valence-electron chi connectivity index (χ0n) is 15.8. The molecule has 3 heterocycles. The molecule has 7 nitrogen and oxygen atoms in total. The highest BCUT2D eigenvalue weighted by Gasteiger charge is 2.20. The van der Waals surface area contributed by atoms with E-state index >= 15 is 0 Å². The smallest absolute Gasteiger partial charge is 0.275 e. The highest BCUT2D eigenvalue weighted by Crippen LogP contribution is 2.33. The van der Waals surface area contributed by atoms with Crippen LogP contribution in [0.15, 0.2) is 54.9 Å². The van der Waals surface area contributed by atoms with Crippen LogP contribution in [0.5, 0.6) is 11.5 Å². The van der Waals surface area contributed by atoms with Crippen molar-refractivity contribution in [3.05, 3.63) is 66.1 Å². The molecular weight excluding hydrogens is 368 g/mol. The van der Waals surface area contributed by atoms with Gasteiger partial charge in [0.25, 0.3) is 5.91 Å². The van der Waals surface area contributed by atoms with Crippen molar-refractivity contribution in [3.63, 3.8) is 0 Å². The van der Waals surface area contributed by atoms with Gasteiger partial charge in [-0.2, -0.15) is 0 Å². The zero-order valence-corrected chi connectivity index (χ0v) is 15.8. The second kappa shape index (κ2) is 7.43. The molecule has 0 aliphatic carbocycles. The maximum Gasteiger partial charge on any atom is 0.275 e. The van der Waals surface area contributed by atoms with Gasteiger partial charge in [-0.25, -0.2) is 9.97 Å². The third kappa shape index (κ3) is 3.47. The van der Waals surface area contributed by atoms with Crippen LogP contribution in [0.3, 0.4) is 0 Å². The molecule has 2 aliphatic heterocycles. The van der Waals surface area contributed by atoms with Crippen molar-refractivity contribution in [2.24, 2.45) is 0 Å². The monoisotopic (exact) mass is 388 g/mol. The maximum absolute atomic E-state index is 12.6. The van der Waals surface area contributed by atoms with Crippen LogP contribution >= 0.6 is 0 Å². The lowest BCUT2D eigenvalue weighted by atomic mass is 10.0.